The first-order valence-corrected chi connectivity index (χ1v) is 6.06. The first kappa shape index (κ1) is 12.5. The van der Waals surface area contributed by atoms with Crippen molar-refractivity contribution in [1.82, 2.24) is 0 Å². The number of nitrogens with two attached hydrogens (primary N) is 1. The van der Waals surface area contributed by atoms with Crippen molar-refractivity contribution in [3.8, 4) is 0 Å². The maximum absolute atomic E-state index is 10.9. The molecule has 0 heterocycles. The number of hydrogen-bond donors (Lipinski definition) is 2. The fourth-order valence-corrected chi connectivity index (χ4v) is 2.99. The lowest BCUT2D eigenvalue weighted by Gasteiger charge is -2.33. The van der Waals surface area contributed by atoms with Crippen molar-refractivity contribution < 1.29 is 9.90 Å². The van der Waals surface area contributed by atoms with Gasteiger partial charge in [0.1, 0.15) is 0 Å². The standard InChI is InChI=1S/C12H23NO2/c1-2-3-5-10-6-4-7-12(10,9-13)8-11(14)15/h10H,2-9,13H2,1H3,(H,14,15). The van der Waals surface area contributed by atoms with E-state index >= 15 is 0 Å². The minimum absolute atomic E-state index is 0.0962. The number of rotatable bonds is 6. The summed E-state index contributed by atoms with van der Waals surface area (Å²) in [5, 5.41) is 8.96. The fourth-order valence-electron chi connectivity index (χ4n) is 2.99. The molecule has 0 bridgehead atoms. The summed E-state index contributed by atoms with van der Waals surface area (Å²) < 4.78 is 0. The summed E-state index contributed by atoms with van der Waals surface area (Å²) in [6.45, 7) is 2.71. The lowest BCUT2D eigenvalue weighted by Crippen LogP contribution is -2.36. The highest BCUT2D eigenvalue weighted by atomic mass is 16.4. The molecule has 1 aliphatic rings. The van der Waals surface area contributed by atoms with Gasteiger partial charge in [0.2, 0.25) is 0 Å². The summed E-state index contributed by atoms with van der Waals surface area (Å²) in [7, 11) is 0. The molecule has 3 nitrogen and oxygen atoms in total. The fraction of sp³-hybridized carbons (Fsp3) is 0.917. The normalized spacial score (nSPS) is 30.7. The zero-order chi connectivity index (χ0) is 11.3. The van der Waals surface area contributed by atoms with E-state index in [9.17, 15) is 4.79 Å². The molecule has 0 radical (unpaired) electrons. The van der Waals surface area contributed by atoms with Gasteiger partial charge < -0.3 is 10.8 Å². The molecule has 88 valence electrons. The van der Waals surface area contributed by atoms with Gasteiger partial charge in [0.05, 0.1) is 6.42 Å². The lowest BCUT2D eigenvalue weighted by atomic mass is 9.73. The molecule has 1 saturated carbocycles. The highest BCUT2D eigenvalue weighted by Gasteiger charge is 2.42. The maximum atomic E-state index is 10.9. The van der Waals surface area contributed by atoms with E-state index in [0.717, 1.165) is 19.3 Å². The van der Waals surface area contributed by atoms with Gasteiger partial charge >= 0.3 is 5.97 Å². The molecule has 0 aromatic rings. The van der Waals surface area contributed by atoms with E-state index in [1.807, 2.05) is 0 Å². The van der Waals surface area contributed by atoms with Gasteiger partial charge in [-0.05, 0) is 37.1 Å². The molecular weight excluding hydrogens is 190 g/mol. The van der Waals surface area contributed by atoms with Crippen molar-refractivity contribution in [1.29, 1.82) is 0 Å². The summed E-state index contributed by atoms with van der Waals surface area (Å²) in [5.74, 6) is -0.151. The highest BCUT2D eigenvalue weighted by molar-refractivity contribution is 5.67. The first-order valence-electron chi connectivity index (χ1n) is 6.06. The molecule has 0 spiro atoms. The number of carbonyl (C=O) groups is 1. The Kier molecular flexibility index (Phi) is 4.58. The average molecular weight is 213 g/mol. The van der Waals surface area contributed by atoms with Gasteiger partial charge in [-0.3, -0.25) is 4.79 Å². The minimum atomic E-state index is -0.691. The van der Waals surface area contributed by atoms with E-state index in [0.29, 0.717) is 12.5 Å². The van der Waals surface area contributed by atoms with E-state index in [1.165, 1.54) is 19.3 Å². The Morgan fingerprint density at radius 1 is 1.60 bits per heavy atom. The molecule has 1 aliphatic carbocycles. The summed E-state index contributed by atoms with van der Waals surface area (Å²) in [4.78, 5) is 10.9. The quantitative estimate of drug-likeness (QED) is 0.712. The van der Waals surface area contributed by atoms with Gasteiger partial charge in [-0.25, -0.2) is 0 Å². The zero-order valence-electron chi connectivity index (χ0n) is 9.67. The number of carboxylic acids is 1. The van der Waals surface area contributed by atoms with Gasteiger partial charge in [0.25, 0.3) is 0 Å². The zero-order valence-corrected chi connectivity index (χ0v) is 9.67. The number of unbranched alkanes of at least 4 members (excludes halogenated alkanes) is 1. The van der Waals surface area contributed by atoms with Crippen molar-refractivity contribution in [3.63, 3.8) is 0 Å². The van der Waals surface area contributed by atoms with Crippen LogP contribution in [-0.2, 0) is 4.79 Å². The van der Waals surface area contributed by atoms with E-state index in [1.54, 1.807) is 0 Å². The number of carboxylic acid groups (broad SMARTS) is 1. The molecule has 2 unspecified atom stereocenters. The topological polar surface area (TPSA) is 63.3 Å². The molecule has 15 heavy (non-hydrogen) atoms. The van der Waals surface area contributed by atoms with Crippen LogP contribution in [0.4, 0.5) is 0 Å². The predicted molar refractivity (Wildman–Crippen MR) is 60.6 cm³/mol. The Morgan fingerprint density at radius 3 is 2.87 bits per heavy atom. The van der Waals surface area contributed by atoms with Crippen molar-refractivity contribution in [2.45, 2.75) is 51.9 Å². The average Bonchev–Trinajstić information content (AvgIpc) is 2.58. The molecule has 0 amide bonds. The van der Waals surface area contributed by atoms with Gasteiger partial charge in [0, 0.05) is 0 Å². The number of aliphatic carboxylic acids is 1. The van der Waals surface area contributed by atoms with Crippen LogP contribution in [-0.4, -0.2) is 17.6 Å². The monoisotopic (exact) mass is 213 g/mol. The summed E-state index contributed by atoms with van der Waals surface area (Å²) in [5.41, 5.74) is 5.72. The van der Waals surface area contributed by atoms with Gasteiger partial charge in [-0.15, -0.1) is 0 Å². The van der Waals surface area contributed by atoms with Crippen LogP contribution in [0.3, 0.4) is 0 Å². The van der Waals surface area contributed by atoms with Crippen LogP contribution >= 0.6 is 0 Å². The minimum Gasteiger partial charge on any atom is -0.481 e. The molecular formula is C12H23NO2. The third-order valence-electron chi connectivity index (χ3n) is 3.91. The third kappa shape index (κ3) is 2.94. The number of hydrogen-bond acceptors (Lipinski definition) is 2. The Balaban J connectivity index is 2.63. The van der Waals surface area contributed by atoms with Crippen molar-refractivity contribution in [2.24, 2.45) is 17.1 Å². The summed E-state index contributed by atoms with van der Waals surface area (Å²) in [6.07, 6.45) is 7.13. The molecule has 2 atom stereocenters. The first-order chi connectivity index (χ1) is 7.14. The molecule has 0 aliphatic heterocycles. The van der Waals surface area contributed by atoms with Crippen molar-refractivity contribution >= 4 is 5.97 Å². The molecule has 0 aromatic heterocycles. The second-order valence-electron chi connectivity index (χ2n) is 4.87. The predicted octanol–water partition coefficient (Wildman–Crippen LogP) is 2.40. The molecule has 3 heteroatoms. The SMILES string of the molecule is CCCCC1CCCC1(CN)CC(=O)O. The van der Waals surface area contributed by atoms with Gasteiger partial charge in [-0.2, -0.15) is 0 Å². The van der Waals surface area contributed by atoms with Crippen LogP contribution in [0.25, 0.3) is 0 Å². The van der Waals surface area contributed by atoms with E-state index < -0.39 is 5.97 Å². The van der Waals surface area contributed by atoms with Crippen LogP contribution in [0.15, 0.2) is 0 Å². The largest absolute Gasteiger partial charge is 0.481 e. The molecule has 0 aromatic carbocycles. The van der Waals surface area contributed by atoms with E-state index in [4.69, 9.17) is 10.8 Å². The Hall–Kier alpha value is -0.570. The molecule has 0 saturated heterocycles. The Bertz CT molecular complexity index is 218. The summed E-state index contributed by atoms with van der Waals surface area (Å²) in [6, 6.07) is 0. The Labute approximate surface area is 92.0 Å². The van der Waals surface area contributed by atoms with E-state index in [2.05, 4.69) is 6.92 Å². The van der Waals surface area contributed by atoms with Crippen LogP contribution in [0, 0.1) is 11.3 Å². The van der Waals surface area contributed by atoms with Crippen LogP contribution in [0.2, 0.25) is 0 Å². The lowest BCUT2D eigenvalue weighted by molar-refractivity contribution is -0.140. The smallest absolute Gasteiger partial charge is 0.303 e. The molecule has 1 fully saturated rings. The molecule has 3 N–H and O–H groups in total. The third-order valence-corrected chi connectivity index (χ3v) is 3.91. The molecule has 1 rings (SSSR count). The van der Waals surface area contributed by atoms with Gasteiger partial charge in [-0.1, -0.05) is 26.2 Å². The van der Waals surface area contributed by atoms with Gasteiger partial charge in [0.15, 0.2) is 0 Å². The van der Waals surface area contributed by atoms with Crippen molar-refractivity contribution in [3.05, 3.63) is 0 Å². The van der Waals surface area contributed by atoms with Crippen LogP contribution in [0.5, 0.6) is 0 Å². The van der Waals surface area contributed by atoms with Crippen molar-refractivity contribution in [2.75, 3.05) is 6.54 Å². The Morgan fingerprint density at radius 2 is 2.33 bits per heavy atom. The second kappa shape index (κ2) is 5.50. The second-order valence-corrected chi connectivity index (χ2v) is 4.87. The summed E-state index contributed by atoms with van der Waals surface area (Å²) >= 11 is 0. The van der Waals surface area contributed by atoms with Crippen LogP contribution < -0.4 is 5.73 Å². The van der Waals surface area contributed by atoms with Crippen LogP contribution in [0.1, 0.15) is 51.9 Å². The van der Waals surface area contributed by atoms with E-state index in [-0.39, 0.29) is 11.8 Å². The highest BCUT2D eigenvalue weighted by Crippen LogP contribution is 2.47. The maximum Gasteiger partial charge on any atom is 0.303 e.